The van der Waals surface area contributed by atoms with E-state index in [2.05, 4.69) is 21.0 Å². The zero-order valence-corrected chi connectivity index (χ0v) is 12.2. The summed E-state index contributed by atoms with van der Waals surface area (Å²) in [5, 5.41) is 13.1. The van der Waals surface area contributed by atoms with Crippen LogP contribution in [0.25, 0.3) is 5.69 Å². The molecule has 0 radical (unpaired) electrons. The molecule has 21 heavy (non-hydrogen) atoms. The van der Waals surface area contributed by atoms with Crippen molar-refractivity contribution in [2.45, 2.75) is 13.0 Å². The van der Waals surface area contributed by atoms with Crippen molar-refractivity contribution in [3.05, 3.63) is 45.2 Å². The highest BCUT2D eigenvalue weighted by atomic mass is 79.9. The number of fused-ring (bicyclic) bond motifs is 1. The predicted molar refractivity (Wildman–Crippen MR) is 71.5 cm³/mol. The number of rotatable bonds is 2. The van der Waals surface area contributed by atoms with Crippen molar-refractivity contribution in [3.63, 3.8) is 0 Å². The minimum Gasteiger partial charge on any atom is -0.476 e. The van der Waals surface area contributed by atoms with Gasteiger partial charge in [-0.3, -0.25) is 0 Å². The third-order valence-corrected chi connectivity index (χ3v) is 3.82. The van der Waals surface area contributed by atoms with Crippen molar-refractivity contribution >= 4 is 21.9 Å². The minimum absolute atomic E-state index is 0.0120. The summed E-state index contributed by atoms with van der Waals surface area (Å²) in [7, 11) is 0. The van der Waals surface area contributed by atoms with Crippen molar-refractivity contribution in [1.82, 2.24) is 9.78 Å². The maximum atomic E-state index is 14.1. The summed E-state index contributed by atoms with van der Waals surface area (Å²) < 4.78 is 33.9. The zero-order chi connectivity index (χ0) is 15.1. The fourth-order valence-electron chi connectivity index (χ4n) is 2.33. The van der Waals surface area contributed by atoms with Gasteiger partial charge in [0.15, 0.2) is 11.5 Å². The van der Waals surface area contributed by atoms with Crippen LogP contribution in [0.3, 0.4) is 0 Å². The highest BCUT2D eigenvalue weighted by molar-refractivity contribution is 9.10. The Labute approximate surface area is 126 Å². The van der Waals surface area contributed by atoms with Gasteiger partial charge in [-0.15, -0.1) is 0 Å². The van der Waals surface area contributed by atoms with E-state index in [1.165, 1.54) is 4.68 Å². The van der Waals surface area contributed by atoms with Crippen LogP contribution in [0.1, 0.15) is 21.7 Å². The van der Waals surface area contributed by atoms with Crippen LogP contribution in [0.4, 0.5) is 8.78 Å². The van der Waals surface area contributed by atoms with Crippen LogP contribution in [0.15, 0.2) is 16.6 Å². The van der Waals surface area contributed by atoms with Gasteiger partial charge in [0.25, 0.3) is 0 Å². The fourth-order valence-corrected chi connectivity index (χ4v) is 2.91. The lowest BCUT2D eigenvalue weighted by molar-refractivity contribution is 0.0677. The zero-order valence-electron chi connectivity index (χ0n) is 10.6. The van der Waals surface area contributed by atoms with E-state index in [0.29, 0.717) is 24.3 Å². The number of benzene rings is 1. The van der Waals surface area contributed by atoms with Gasteiger partial charge in [0, 0.05) is 22.5 Å². The molecule has 8 heteroatoms. The number of carboxylic acids is 1. The number of aromatic carboxylic acids is 1. The topological polar surface area (TPSA) is 64.3 Å². The number of ether oxygens (including phenoxy) is 1. The first-order valence-electron chi connectivity index (χ1n) is 6.05. The Morgan fingerprint density at radius 3 is 2.86 bits per heavy atom. The first kappa shape index (κ1) is 14.2. The van der Waals surface area contributed by atoms with Gasteiger partial charge in [-0.05, 0) is 22.0 Å². The molecule has 1 aromatic carbocycles. The molecule has 0 amide bonds. The molecule has 0 unspecified atom stereocenters. The van der Waals surface area contributed by atoms with Gasteiger partial charge < -0.3 is 9.84 Å². The Balaban J connectivity index is 2.26. The van der Waals surface area contributed by atoms with E-state index in [1.807, 2.05) is 0 Å². The molecule has 0 saturated heterocycles. The molecule has 2 heterocycles. The third-order valence-electron chi connectivity index (χ3n) is 3.22. The van der Waals surface area contributed by atoms with E-state index in [0.717, 1.165) is 12.1 Å². The Bertz CT molecular complexity index is 722. The molecular formula is C13H9BrF2N2O3. The van der Waals surface area contributed by atoms with Crippen LogP contribution in [0, 0.1) is 11.6 Å². The van der Waals surface area contributed by atoms with Crippen molar-refractivity contribution in [3.8, 4) is 5.69 Å². The van der Waals surface area contributed by atoms with E-state index in [1.54, 1.807) is 0 Å². The number of nitrogens with zero attached hydrogens (tertiary/aromatic N) is 2. The van der Waals surface area contributed by atoms with Crippen molar-refractivity contribution < 1.29 is 23.4 Å². The number of aromatic nitrogens is 2. The lowest BCUT2D eigenvalue weighted by Crippen LogP contribution is -2.14. The van der Waals surface area contributed by atoms with Gasteiger partial charge in [-0.1, -0.05) is 0 Å². The molecule has 0 aliphatic carbocycles. The molecule has 0 atom stereocenters. The van der Waals surface area contributed by atoms with Gasteiger partial charge in [-0.25, -0.2) is 18.3 Å². The monoisotopic (exact) mass is 358 g/mol. The smallest absolute Gasteiger partial charge is 0.356 e. The maximum absolute atomic E-state index is 14.1. The van der Waals surface area contributed by atoms with E-state index >= 15 is 0 Å². The molecular weight excluding hydrogens is 350 g/mol. The van der Waals surface area contributed by atoms with E-state index in [9.17, 15) is 18.7 Å². The summed E-state index contributed by atoms with van der Waals surface area (Å²) in [4.78, 5) is 11.2. The average Bonchev–Trinajstić information content (AvgIpc) is 2.78. The summed E-state index contributed by atoms with van der Waals surface area (Å²) in [6.45, 7) is 0.496. The Morgan fingerprint density at radius 1 is 1.43 bits per heavy atom. The van der Waals surface area contributed by atoms with Crippen LogP contribution in [0.2, 0.25) is 0 Å². The molecule has 0 saturated carbocycles. The molecule has 0 bridgehead atoms. The molecule has 110 valence electrons. The molecule has 1 aliphatic heterocycles. The maximum Gasteiger partial charge on any atom is 0.356 e. The Hall–Kier alpha value is -1.80. The lowest BCUT2D eigenvalue weighted by atomic mass is 10.1. The Morgan fingerprint density at radius 2 is 2.19 bits per heavy atom. The van der Waals surface area contributed by atoms with Crippen molar-refractivity contribution in [2.75, 3.05) is 6.61 Å². The van der Waals surface area contributed by atoms with E-state index in [-0.39, 0.29) is 22.5 Å². The second-order valence-corrected chi connectivity index (χ2v) is 5.37. The average molecular weight is 359 g/mol. The molecule has 1 aliphatic rings. The van der Waals surface area contributed by atoms with Crippen molar-refractivity contribution in [1.29, 1.82) is 0 Å². The standard InChI is InChI=1S/C13H9BrF2N2O3/c14-8-3-6(15)4-9(16)12(8)18-10-1-2-21-5-7(10)11(17-18)13(19)20/h3-4H,1-2,5H2,(H,19,20). The molecule has 1 aromatic heterocycles. The first-order valence-corrected chi connectivity index (χ1v) is 6.85. The summed E-state index contributed by atoms with van der Waals surface area (Å²) in [5.41, 5.74) is 0.789. The molecule has 0 spiro atoms. The number of carboxylic acid groups (broad SMARTS) is 1. The van der Waals surface area contributed by atoms with Crippen molar-refractivity contribution in [2.24, 2.45) is 0 Å². The summed E-state index contributed by atoms with van der Waals surface area (Å²) >= 11 is 3.09. The van der Waals surface area contributed by atoms with Crippen LogP contribution in [0.5, 0.6) is 0 Å². The predicted octanol–water partition coefficient (Wildman–Crippen LogP) is 2.68. The summed E-state index contributed by atoms with van der Waals surface area (Å²) in [5.74, 6) is -2.77. The van der Waals surface area contributed by atoms with Gasteiger partial charge in [-0.2, -0.15) is 5.10 Å². The fraction of sp³-hybridized carbons (Fsp3) is 0.231. The second kappa shape index (κ2) is 5.19. The van der Waals surface area contributed by atoms with Gasteiger partial charge >= 0.3 is 5.97 Å². The molecule has 2 aromatic rings. The third kappa shape index (κ3) is 2.34. The molecule has 3 rings (SSSR count). The number of hydrogen-bond acceptors (Lipinski definition) is 3. The largest absolute Gasteiger partial charge is 0.476 e. The quantitative estimate of drug-likeness (QED) is 0.896. The molecule has 0 fully saturated rings. The van der Waals surface area contributed by atoms with Crippen LogP contribution in [-0.2, 0) is 17.8 Å². The van der Waals surface area contributed by atoms with E-state index < -0.39 is 17.6 Å². The first-order chi connectivity index (χ1) is 9.99. The van der Waals surface area contributed by atoms with Crippen LogP contribution in [-0.4, -0.2) is 27.5 Å². The lowest BCUT2D eigenvalue weighted by Gasteiger charge is -2.16. The number of hydrogen-bond donors (Lipinski definition) is 1. The minimum atomic E-state index is -1.21. The summed E-state index contributed by atoms with van der Waals surface area (Å²) in [6, 6.07) is 1.83. The highest BCUT2D eigenvalue weighted by Crippen LogP contribution is 2.30. The van der Waals surface area contributed by atoms with Gasteiger partial charge in [0.1, 0.15) is 11.5 Å². The number of halogens is 3. The SMILES string of the molecule is O=C(O)c1nn(-c2c(F)cc(F)cc2Br)c2c1COCC2. The second-order valence-electron chi connectivity index (χ2n) is 4.51. The number of carbonyl (C=O) groups is 1. The van der Waals surface area contributed by atoms with Gasteiger partial charge in [0.05, 0.1) is 18.9 Å². The highest BCUT2D eigenvalue weighted by Gasteiger charge is 2.27. The van der Waals surface area contributed by atoms with E-state index in [4.69, 9.17) is 4.74 Å². The Kier molecular flexibility index (Phi) is 3.50. The van der Waals surface area contributed by atoms with Crippen LogP contribution < -0.4 is 0 Å². The normalized spacial score (nSPS) is 14.0. The summed E-state index contributed by atoms with van der Waals surface area (Å²) in [6.07, 6.45) is 0.402. The van der Waals surface area contributed by atoms with Gasteiger partial charge in [0.2, 0.25) is 0 Å². The molecule has 1 N–H and O–H groups in total. The molecule has 5 nitrogen and oxygen atoms in total. The van der Waals surface area contributed by atoms with Crippen LogP contribution >= 0.6 is 15.9 Å².